The summed E-state index contributed by atoms with van der Waals surface area (Å²) in [5.74, 6) is -0.187. The molecule has 19 heavy (non-hydrogen) atoms. The molecule has 0 saturated carbocycles. The van der Waals surface area contributed by atoms with Crippen molar-refractivity contribution < 1.29 is 9.50 Å². The molecule has 98 valence electrons. The number of rotatable bonds is 1. The lowest BCUT2D eigenvalue weighted by molar-refractivity contribution is 0.156. The predicted octanol–water partition coefficient (Wildman–Crippen LogP) is 4.17. The fraction of sp³-hybridized carbons (Fsp3) is 0.294. The first-order chi connectivity index (χ1) is 9.16. The van der Waals surface area contributed by atoms with Gasteiger partial charge in [-0.15, -0.1) is 0 Å². The SMILES string of the molecule is Cc1ccc(-c2cccc3c2CCCC3O)c(F)c1. The maximum Gasteiger partial charge on any atom is 0.131 e. The Morgan fingerprint density at radius 2 is 2.00 bits per heavy atom. The van der Waals surface area contributed by atoms with Crippen LogP contribution in [0.25, 0.3) is 11.1 Å². The summed E-state index contributed by atoms with van der Waals surface area (Å²) in [7, 11) is 0. The fourth-order valence-corrected chi connectivity index (χ4v) is 2.91. The van der Waals surface area contributed by atoms with E-state index in [1.165, 1.54) is 0 Å². The average Bonchev–Trinajstić information content (AvgIpc) is 2.39. The Morgan fingerprint density at radius 1 is 1.16 bits per heavy atom. The first-order valence-electron chi connectivity index (χ1n) is 6.73. The van der Waals surface area contributed by atoms with Crippen LogP contribution in [0.3, 0.4) is 0 Å². The molecule has 3 rings (SSSR count). The maximum atomic E-state index is 14.1. The van der Waals surface area contributed by atoms with E-state index >= 15 is 0 Å². The smallest absolute Gasteiger partial charge is 0.131 e. The quantitative estimate of drug-likeness (QED) is 0.811. The van der Waals surface area contributed by atoms with Crippen molar-refractivity contribution >= 4 is 0 Å². The summed E-state index contributed by atoms with van der Waals surface area (Å²) in [6.45, 7) is 1.89. The van der Waals surface area contributed by atoms with Crippen molar-refractivity contribution in [3.8, 4) is 11.1 Å². The van der Waals surface area contributed by atoms with Crippen molar-refractivity contribution in [1.82, 2.24) is 0 Å². The van der Waals surface area contributed by atoms with Crippen LogP contribution in [-0.2, 0) is 6.42 Å². The lowest BCUT2D eigenvalue weighted by Crippen LogP contribution is -2.10. The minimum Gasteiger partial charge on any atom is -0.388 e. The molecule has 0 fully saturated rings. The lowest BCUT2D eigenvalue weighted by atomic mass is 9.84. The molecule has 1 aliphatic rings. The topological polar surface area (TPSA) is 20.2 Å². The molecule has 0 amide bonds. The number of aliphatic hydroxyl groups excluding tert-OH is 1. The van der Waals surface area contributed by atoms with Crippen LogP contribution in [0.5, 0.6) is 0 Å². The van der Waals surface area contributed by atoms with Crippen molar-refractivity contribution in [2.45, 2.75) is 32.3 Å². The fourth-order valence-electron chi connectivity index (χ4n) is 2.91. The van der Waals surface area contributed by atoms with Crippen LogP contribution in [0.15, 0.2) is 36.4 Å². The zero-order valence-corrected chi connectivity index (χ0v) is 11.0. The van der Waals surface area contributed by atoms with Crippen LogP contribution in [0.1, 0.15) is 35.6 Å². The molecule has 0 bridgehead atoms. The summed E-state index contributed by atoms with van der Waals surface area (Å²) >= 11 is 0. The highest BCUT2D eigenvalue weighted by Crippen LogP contribution is 2.37. The molecule has 1 unspecified atom stereocenters. The third kappa shape index (κ3) is 2.17. The molecule has 1 N–H and O–H groups in total. The van der Waals surface area contributed by atoms with Gasteiger partial charge in [0.25, 0.3) is 0 Å². The molecule has 0 aliphatic heterocycles. The standard InChI is InChI=1S/C17H17FO/c1-11-8-9-14(16(18)10-11)12-4-2-6-15-13(12)5-3-7-17(15)19/h2,4,6,8-10,17,19H,3,5,7H2,1H3. The lowest BCUT2D eigenvalue weighted by Gasteiger charge is -2.24. The molecule has 0 heterocycles. The maximum absolute atomic E-state index is 14.1. The van der Waals surface area contributed by atoms with Crippen molar-refractivity contribution in [3.05, 3.63) is 58.9 Å². The van der Waals surface area contributed by atoms with E-state index < -0.39 is 6.10 Å². The number of halogens is 1. The molecular weight excluding hydrogens is 239 g/mol. The van der Waals surface area contributed by atoms with E-state index in [4.69, 9.17) is 0 Å². The first-order valence-corrected chi connectivity index (χ1v) is 6.73. The number of benzene rings is 2. The van der Waals surface area contributed by atoms with Gasteiger partial charge in [-0.1, -0.05) is 30.3 Å². The zero-order chi connectivity index (χ0) is 13.4. The average molecular weight is 256 g/mol. The summed E-state index contributed by atoms with van der Waals surface area (Å²) in [5, 5.41) is 10.1. The Bertz CT molecular complexity index is 619. The molecule has 0 aromatic heterocycles. The summed E-state index contributed by atoms with van der Waals surface area (Å²) in [4.78, 5) is 0. The van der Waals surface area contributed by atoms with Gasteiger partial charge in [-0.05, 0) is 54.5 Å². The molecule has 0 radical (unpaired) electrons. The predicted molar refractivity (Wildman–Crippen MR) is 74.5 cm³/mol. The van der Waals surface area contributed by atoms with Gasteiger partial charge >= 0.3 is 0 Å². The van der Waals surface area contributed by atoms with E-state index in [9.17, 15) is 9.50 Å². The minimum atomic E-state index is -0.405. The zero-order valence-electron chi connectivity index (χ0n) is 11.0. The van der Waals surface area contributed by atoms with E-state index in [1.54, 1.807) is 6.07 Å². The second-order valence-electron chi connectivity index (χ2n) is 5.26. The van der Waals surface area contributed by atoms with Crippen molar-refractivity contribution in [2.24, 2.45) is 0 Å². The molecule has 0 spiro atoms. The largest absolute Gasteiger partial charge is 0.388 e. The number of hydrogen-bond donors (Lipinski definition) is 1. The minimum absolute atomic E-state index is 0.187. The monoisotopic (exact) mass is 256 g/mol. The third-order valence-corrected chi connectivity index (χ3v) is 3.89. The summed E-state index contributed by atoms with van der Waals surface area (Å²) in [6, 6.07) is 11.1. The number of aryl methyl sites for hydroxylation is 1. The Labute approximate surface area is 112 Å². The summed E-state index contributed by atoms with van der Waals surface area (Å²) in [5.41, 5.74) is 4.55. The molecule has 1 nitrogen and oxygen atoms in total. The summed E-state index contributed by atoms with van der Waals surface area (Å²) in [6.07, 6.45) is 2.26. The normalized spacial score (nSPS) is 18.2. The highest BCUT2D eigenvalue weighted by atomic mass is 19.1. The van der Waals surface area contributed by atoms with Gasteiger partial charge < -0.3 is 5.11 Å². The summed E-state index contributed by atoms with van der Waals surface area (Å²) < 4.78 is 14.1. The van der Waals surface area contributed by atoms with E-state index in [0.29, 0.717) is 5.56 Å². The van der Waals surface area contributed by atoms with Crippen LogP contribution in [0.4, 0.5) is 4.39 Å². The molecule has 1 atom stereocenters. The van der Waals surface area contributed by atoms with Crippen molar-refractivity contribution in [3.63, 3.8) is 0 Å². The van der Waals surface area contributed by atoms with Gasteiger partial charge in [-0.2, -0.15) is 0 Å². The number of aliphatic hydroxyl groups is 1. The molecule has 2 aromatic rings. The van der Waals surface area contributed by atoms with Crippen LogP contribution < -0.4 is 0 Å². The highest BCUT2D eigenvalue weighted by molar-refractivity contribution is 5.70. The van der Waals surface area contributed by atoms with Gasteiger partial charge in [0.1, 0.15) is 5.82 Å². The first kappa shape index (κ1) is 12.4. The van der Waals surface area contributed by atoms with E-state index in [0.717, 1.165) is 41.5 Å². The second-order valence-corrected chi connectivity index (χ2v) is 5.26. The molecule has 2 aromatic carbocycles. The van der Waals surface area contributed by atoms with E-state index in [-0.39, 0.29) is 5.82 Å². The van der Waals surface area contributed by atoms with Crippen molar-refractivity contribution in [2.75, 3.05) is 0 Å². The van der Waals surface area contributed by atoms with Gasteiger partial charge in [0.2, 0.25) is 0 Å². The van der Waals surface area contributed by atoms with Gasteiger partial charge in [0, 0.05) is 5.56 Å². The third-order valence-electron chi connectivity index (χ3n) is 3.89. The van der Waals surface area contributed by atoms with E-state index in [1.807, 2.05) is 37.3 Å². The highest BCUT2D eigenvalue weighted by Gasteiger charge is 2.21. The van der Waals surface area contributed by atoms with Gasteiger partial charge in [0.05, 0.1) is 6.10 Å². The Balaban J connectivity index is 2.18. The van der Waals surface area contributed by atoms with Crippen LogP contribution in [0, 0.1) is 12.7 Å². The Morgan fingerprint density at radius 3 is 2.79 bits per heavy atom. The second kappa shape index (κ2) is 4.78. The Kier molecular flexibility index (Phi) is 3.11. The number of fused-ring (bicyclic) bond motifs is 1. The van der Waals surface area contributed by atoms with Crippen LogP contribution in [0.2, 0.25) is 0 Å². The van der Waals surface area contributed by atoms with Crippen LogP contribution in [-0.4, -0.2) is 5.11 Å². The molecule has 1 aliphatic carbocycles. The Hall–Kier alpha value is -1.67. The van der Waals surface area contributed by atoms with Gasteiger partial charge in [0.15, 0.2) is 0 Å². The van der Waals surface area contributed by atoms with Crippen molar-refractivity contribution in [1.29, 1.82) is 0 Å². The van der Waals surface area contributed by atoms with Crippen LogP contribution >= 0.6 is 0 Å². The van der Waals surface area contributed by atoms with Gasteiger partial charge in [-0.25, -0.2) is 4.39 Å². The van der Waals surface area contributed by atoms with E-state index in [2.05, 4.69) is 0 Å². The molecule has 2 heteroatoms. The number of hydrogen-bond acceptors (Lipinski definition) is 1. The van der Waals surface area contributed by atoms with Gasteiger partial charge in [-0.3, -0.25) is 0 Å². The molecular formula is C17H17FO. The molecule has 0 saturated heterocycles.